The van der Waals surface area contributed by atoms with Crippen molar-refractivity contribution in [3.63, 3.8) is 0 Å². The lowest BCUT2D eigenvalue weighted by Crippen LogP contribution is -2.11. The Hall–Kier alpha value is -2.45. The van der Waals surface area contributed by atoms with E-state index < -0.39 is 11.7 Å². The third-order valence-electron chi connectivity index (χ3n) is 2.69. The summed E-state index contributed by atoms with van der Waals surface area (Å²) >= 11 is 0. The summed E-state index contributed by atoms with van der Waals surface area (Å²) in [6.07, 6.45) is -1.39. The largest absolute Gasteiger partial charge is 0.373 e. The van der Waals surface area contributed by atoms with Gasteiger partial charge in [-0.2, -0.15) is 5.26 Å². The minimum Gasteiger partial charge on any atom is -0.373 e. The summed E-state index contributed by atoms with van der Waals surface area (Å²) in [6.45, 7) is 5.43. The van der Waals surface area contributed by atoms with Crippen molar-refractivity contribution in [1.29, 1.82) is 5.26 Å². The average molecular weight is 272 g/mol. The number of hydrogen-bond donors (Lipinski definition) is 2. The number of carbonyl (C=O) groups is 1. The molecule has 0 radical (unpaired) electrons. The van der Waals surface area contributed by atoms with E-state index in [1.54, 1.807) is 24.3 Å². The van der Waals surface area contributed by atoms with E-state index in [-0.39, 0.29) is 11.5 Å². The molecule has 2 N–H and O–H groups in total. The first-order valence-corrected chi connectivity index (χ1v) is 6.28. The van der Waals surface area contributed by atoms with Gasteiger partial charge in [0.15, 0.2) is 11.9 Å². The van der Waals surface area contributed by atoms with E-state index in [1.165, 1.54) is 13.0 Å². The Morgan fingerprint density at radius 2 is 2.00 bits per heavy atom. The molecule has 1 heterocycles. The summed E-state index contributed by atoms with van der Waals surface area (Å²) in [5, 5.41) is 18.9. The summed E-state index contributed by atoms with van der Waals surface area (Å²) in [4.78, 5) is 25.4. The summed E-state index contributed by atoms with van der Waals surface area (Å²) in [6, 6.07) is 7.81. The maximum atomic E-state index is 11.7. The van der Waals surface area contributed by atoms with Gasteiger partial charge < -0.3 is 10.1 Å². The van der Waals surface area contributed by atoms with Gasteiger partial charge in [0, 0.05) is 10.9 Å². The molecule has 0 saturated carbocycles. The van der Waals surface area contributed by atoms with Crippen LogP contribution in [-0.4, -0.2) is 15.9 Å². The summed E-state index contributed by atoms with van der Waals surface area (Å²) < 4.78 is 0. The van der Waals surface area contributed by atoms with Crippen LogP contribution in [0.2, 0.25) is 0 Å². The number of ketones is 1. The maximum Gasteiger partial charge on any atom is 0.256 e. The lowest BCUT2D eigenvalue weighted by molar-refractivity contribution is 0.101. The highest BCUT2D eigenvalue weighted by Crippen LogP contribution is 2.17. The molecular weight excluding hydrogens is 256 g/mol. The summed E-state index contributed by atoms with van der Waals surface area (Å²) in [5.41, 5.74) is 0.202. The minimum atomic E-state index is -1.39. The van der Waals surface area contributed by atoms with Crippen LogP contribution >= 0.6 is 0 Å². The van der Waals surface area contributed by atoms with Crippen molar-refractivity contribution in [2.24, 2.45) is 0 Å². The van der Waals surface area contributed by atoms with Crippen LogP contribution in [0, 0.1) is 11.3 Å². The molecule has 0 fully saturated rings. The van der Waals surface area contributed by atoms with Crippen LogP contribution in [0.15, 0.2) is 29.1 Å². The van der Waals surface area contributed by atoms with Gasteiger partial charge in [-0.15, -0.1) is 0 Å². The molecule has 1 atom stereocenters. The first-order chi connectivity index (χ1) is 9.52. The van der Waals surface area contributed by atoms with E-state index in [4.69, 9.17) is 5.26 Å². The number of Topliss-reactive ketones (excluding diaryl/α,β-unsaturated/α-hetero) is 1. The topological polar surface area (TPSA) is 93.9 Å². The van der Waals surface area contributed by atoms with Crippen LogP contribution in [0.3, 0.4) is 0 Å². The van der Waals surface area contributed by atoms with Crippen LogP contribution in [0.25, 0.3) is 10.8 Å². The molecule has 0 spiro atoms. The Balaban J connectivity index is 0.000000956. The Kier molecular flexibility index (Phi) is 5.18. The van der Waals surface area contributed by atoms with Gasteiger partial charge in [0.25, 0.3) is 5.56 Å². The standard InChI is InChI=1S/C13H10N2O3.C2H6/c1-7(16)8-2-3-10-9(4-8)5-11(12(17)6-14)15-13(10)18;1-2/h2-5,12,17H,1H3,(H,15,18);1-2H3. The average Bonchev–Trinajstić information content (AvgIpc) is 2.47. The minimum absolute atomic E-state index is 0.112. The van der Waals surface area contributed by atoms with E-state index in [0.717, 1.165) is 0 Å². The van der Waals surface area contributed by atoms with Crippen molar-refractivity contribution in [3.8, 4) is 6.07 Å². The van der Waals surface area contributed by atoms with E-state index in [9.17, 15) is 14.7 Å². The third kappa shape index (κ3) is 3.11. The molecule has 2 aromatic rings. The number of aliphatic hydroxyl groups is 1. The van der Waals surface area contributed by atoms with Gasteiger partial charge in [-0.25, -0.2) is 0 Å². The van der Waals surface area contributed by atoms with Crippen molar-refractivity contribution >= 4 is 16.6 Å². The molecule has 0 bridgehead atoms. The molecule has 0 saturated heterocycles. The molecule has 0 amide bonds. The Morgan fingerprint density at radius 1 is 1.35 bits per heavy atom. The molecule has 104 valence electrons. The normalized spacial score (nSPS) is 11.2. The summed E-state index contributed by atoms with van der Waals surface area (Å²) in [5.74, 6) is -0.112. The van der Waals surface area contributed by atoms with Gasteiger partial charge >= 0.3 is 0 Å². The highest BCUT2D eigenvalue weighted by molar-refractivity contribution is 5.98. The van der Waals surface area contributed by atoms with Crippen molar-refractivity contribution in [3.05, 3.63) is 45.9 Å². The number of aromatic nitrogens is 1. The molecule has 20 heavy (non-hydrogen) atoms. The first-order valence-electron chi connectivity index (χ1n) is 6.28. The number of nitriles is 1. The van der Waals surface area contributed by atoms with Crippen molar-refractivity contribution < 1.29 is 9.90 Å². The van der Waals surface area contributed by atoms with Crippen LogP contribution in [-0.2, 0) is 0 Å². The predicted octanol–water partition coefficient (Wildman–Crippen LogP) is 2.31. The first kappa shape index (κ1) is 15.6. The van der Waals surface area contributed by atoms with Gasteiger partial charge in [-0.1, -0.05) is 19.9 Å². The zero-order valence-corrected chi connectivity index (χ0v) is 11.6. The Bertz CT molecular complexity index is 726. The molecule has 5 nitrogen and oxygen atoms in total. The van der Waals surface area contributed by atoms with E-state index in [1.807, 2.05) is 13.8 Å². The quantitative estimate of drug-likeness (QED) is 0.648. The monoisotopic (exact) mass is 272 g/mol. The Labute approximate surface area is 116 Å². The van der Waals surface area contributed by atoms with Crippen molar-refractivity contribution in [1.82, 2.24) is 4.98 Å². The molecular formula is C15H16N2O3. The van der Waals surface area contributed by atoms with E-state index in [0.29, 0.717) is 16.3 Å². The zero-order valence-electron chi connectivity index (χ0n) is 11.6. The molecule has 0 aliphatic heterocycles. The third-order valence-corrected chi connectivity index (χ3v) is 2.69. The summed E-state index contributed by atoms with van der Waals surface area (Å²) in [7, 11) is 0. The number of aromatic amines is 1. The smallest absolute Gasteiger partial charge is 0.256 e. The van der Waals surface area contributed by atoms with E-state index in [2.05, 4.69) is 4.98 Å². The second kappa shape index (κ2) is 6.64. The predicted molar refractivity (Wildman–Crippen MR) is 76.5 cm³/mol. The van der Waals surface area contributed by atoms with Gasteiger partial charge in [-0.05, 0) is 30.5 Å². The molecule has 1 unspecified atom stereocenters. The Morgan fingerprint density at radius 3 is 2.55 bits per heavy atom. The lowest BCUT2D eigenvalue weighted by atomic mass is 10.0. The number of pyridine rings is 1. The second-order valence-electron chi connectivity index (χ2n) is 3.94. The molecule has 0 aliphatic carbocycles. The van der Waals surface area contributed by atoms with Crippen LogP contribution in [0.5, 0.6) is 0 Å². The number of hydrogen-bond acceptors (Lipinski definition) is 4. The van der Waals surface area contributed by atoms with Gasteiger partial charge in [0.05, 0.1) is 5.69 Å². The second-order valence-corrected chi connectivity index (χ2v) is 3.94. The fraction of sp³-hybridized carbons (Fsp3) is 0.267. The van der Waals surface area contributed by atoms with Gasteiger partial charge in [0.1, 0.15) is 6.07 Å². The molecule has 0 aliphatic rings. The number of benzene rings is 1. The number of rotatable bonds is 2. The van der Waals surface area contributed by atoms with Crippen LogP contribution < -0.4 is 5.56 Å². The lowest BCUT2D eigenvalue weighted by Gasteiger charge is -2.05. The zero-order chi connectivity index (χ0) is 15.3. The van der Waals surface area contributed by atoms with Crippen LogP contribution in [0.4, 0.5) is 0 Å². The van der Waals surface area contributed by atoms with Gasteiger partial charge in [-0.3, -0.25) is 9.59 Å². The number of nitrogens with one attached hydrogen (secondary N) is 1. The molecule has 1 aromatic heterocycles. The van der Waals surface area contributed by atoms with Gasteiger partial charge in [0.2, 0.25) is 0 Å². The highest BCUT2D eigenvalue weighted by Gasteiger charge is 2.10. The van der Waals surface area contributed by atoms with Crippen LogP contribution in [0.1, 0.15) is 42.9 Å². The fourth-order valence-electron chi connectivity index (χ4n) is 1.73. The highest BCUT2D eigenvalue weighted by atomic mass is 16.3. The number of H-pyrrole nitrogens is 1. The number of fused-ring (bicyclic) bond motifs is 1. The molecule has 2 rings (SSSR count). The SMILES string of the molecule is CC.CC(=O)c1ccc2c(=O)[nH]c(C(O)C#N)cc2c1. The molecule has 5 heteroatoms. The molecule has 1 aromatic carbocycles. The number of carbonyl (C=O) groups excluding carboxylic acids is 1. The number of nitrogens with zero attached hydrogens (tertiary/aromatic N) is 1. The van der Waals surface area contributed by atoms with Crippen molar-refractivity contribution in [2.75, 3.05) is 0 Å². The van der Waals surface area contributed by atoms with E-state index >= 15 is 0 Å². The fourth-order valence-corrected chi connectivity index (χ4v) is 1.73. The number of aliphatic hydroxyl groups excluding tert-OH is 1. The van der Waals surface area contributed by atoms with Crippen molar-refractivity contribution in [2.45, 2.75) is 26.9 Å². The maximum absolute atomic E-state index is 11.7.